The summed E-state index contributed by atoms with van der Waals surface area (Å²) in [7, 11) is 0. The van der Waals surface area contributed by atoms with Crippen LogP contribution in [0.25, 0.3) is 11.1 Å². The van der Waals surface area contributed by atoms with Crippen molar-refractivity contribution in [2.24, 2.45) is 0 Å². The Kier molecular flexibility index (Phi) is 16.7. The molecule has 0 saturated carbocycles. The predicted molar refractivity (Wildman–Crippen MR) is 247 cm³/mol. The molecule has 3 aliphatic rings. The average molecular weight is 867 g/mol. The lowest BCUT2D eigenvalue weighted by molar-refractivity contribution is -0.236. The van der Waals surface area contributed by atoms with Gasteiger partial charge in [-0.1, -0.05) is 103 Å². The Balaban J connectivity index is 2.32. The van der Waals surface area contributed by atoms with E-state index in [4.69, 9.17) is 37.9 Å². The molecule has 0 fully saturated rings. The summed E-state index contributed by atoms with van der Waals surface area (Å²) in [5.74, 6) is -0.313. The molecular formula is C53H70O10. The Morgan fingerprint density at radius 3 is 1.19 bits per heavy atom. The Morgan fingerprint density at radius 1 is 0.524 bits per heavy atom. The van der Waals surface area contributed by atoms with Crippen LogP contribution in [-0.2, 0) is 52.9 Å². The summed E-state index contributed by atoms with van der Waals surface area (Å²) in [6.45, 7) is 29.5. The van der Waals surface area contributed by atoms with Gasteiger partial charge < -0.3 is 37.9 Å². The normalized spacial score (nSPS) is 22.6. The highest BCUT2D eigenvalue weighted by Gasteiger charge is 2.82. The summed E-state index contributed by atoms with van der Waals surface area (Å²) in [4.78, 5) is 29.8. The number of fused-ring (bicyclic) bond motifs is 3. The molecule has 2 aromatic carbocycles. The summed E-state index contributed by atoms with van der Waals surface area (Å²) < 4.78 is 57.2. The second-order valence-electron chi connectivity index (χ2n) is 16.4. The van der Waals surface area contributed by atoms with Crippen LogP contribution < -0.4 is 0 Å². The van der Waals surface area contributed by atoms with Gasteiger partial charge in [-0.25, -0.2) is 9.59 Å². The number of rotatable bonds is 24. The van der Waals surface area contributed by atoms with Crippen LogP contribution in [0.15, 0.2) is 119 Å². The number of allylic oxidation sites excluding steroid dienone is 2. The average Bonchev–Trinajstić information content (AvgIpc) is 3.60. The van der Waals surface area contributed by atoms with Gasteiger partial charge >= 0.3 is 11.9 Å². The van der Waals surface area contributed by atoms with Crippen LogP contribution in [0.4, 0.5) is 0 Å². The van der Waals surface area contributed by atoms with Crippen LogP contribution in [0.2, 0.25) is 0 Å². The van der Waals surface area contributed by atoms with E-state index >= 15 is 0 Å². The minimum atomic E-state index is -2.12. The van der Waals surface area contributed by atoms with E-state index in [2.05, 4.69) is 13.2 Å². The fraction of sp³-hybridized carbons (Fsp3) is 0.509. The molecule has 10 nitrogen and oxygen atoms in total. The first-order valence-corrected chi connectivity index (χ1v) is 22.9. The molecule has 0 aliphatic heterocycles. The van der Waals surface area contributed by atoms with E-state index in [1.807, 2.05) is 118 Å². The van der Waals surface area contributed by atoms with Gasteiger partial charge in [0.25, 0.3) is 0 Å². The van der Waals surface area contributed by atoms with Crippen LogP contribution in [0.3, 0.4) is 0 Å². The van der Waals surface area contributed by atoms with Gasteiger partial charge in [0.1, 0.15) is 17.6 Å². The number of hydrogen-bond donors (Lipinski definition) is 0. The molecule has 0 spiro atoms. The highest BCUT2D eigenvalue weighted by Crippen LogP contribution is 2.70. The van der Waals surface area contributed by atoms with Crippen LogP contribution in [0.1, 0.15) is 119 Å². The lowest BCUT2D eigenvalue weighted by Crippen LogP contribution is -2.78. The second-order valence-corrected chi connectivity index (χ2v) is 16.4. The molecular weight excluding hydrogens is 797 g/mol. The third kappa shape index (κ3) is 8.18. The number of esters is 2. The molecule has 0 radical (unpaired) electrons. The van der Waals surface area contributed by atoms with Crippen molar-refractivity contribution in [3.05, 3.63) is 130 Å². The molecule has 10 heteroatoms. The van der Waals surface area contributed by atoms with Crippen molar-refractivity contribution in [3.63, 3.8) is 0 Å². The van der Waals surface area contributed by atoms with Gasteiger partial charge in [-0.2, -0.15) is 0 Å². The SMILES string of the molecule is C=CC(=O)OC1(C2(C3(OC(=O)C=C)C(OCCC)=C(OCCC)C(C)=C(C)C3OCCC)c3ccccc3-c3ccccc32)C(OCCC)=C(OCCC)C(C)=C(C)C1OCCC. The van der Waals surface area contributed by atoms with Crippen molar-refractivity contribution in [1.82, 2.24) is 0 Å². The minimum Gasteiger partial charge on any atom is -0.490 e. The van der Waals surface area contributed by atoms with Crippen molar-refractivity contribution >= 4 is 11.9 Å². The molecule has 0 bridgehead atoms. The van der Waals surface area contributed by atoms with E-state index in [1.165, 1.54) is 0 Å². The molecule has 5 rings (SSSR count). The molecule has 3 aliphatic carbocycles. The van der Waals surface area contributed by atoms with E-state index in [9.17, 15) is 9.59 Å². The van der Waals surface area contributed by atoms with Gasteiger partial charge in [0.2, 0.25) is 11.2 Å². The van der Waals surface area contributed by atoms with Gasteiger partial charge in [0, 0.05) is 25.4 Å². The van der Waals surface area contributed by atoms with Gasteiger partial charge in [0.05, 0.1) is 26.4 Å². The monoisotopic (exact) mass is 866 g/mol. The predicted octanol–water partition coefficient (Wildman–Crippen LogP) is 11.3. The summed E-state index contributed by atoms with van der Waals surface area (Å²) >= 11 is 0. The molecule has 4 unspecified atom stereocenters. The number of carbonyl (C=O) groups is 2. The van der Waals surface area contributed by atoms with Crippen molar-refractivity contribution in [2.45, 2.75) is 137 Å². The van der Waals surface area contributed by atoms with Crippen molar-refractivity contribution in [3.8, 4) is 11.1 Å². The quantitative estimate of drug-likeness (QED) is 0.0747. The van der Waals surface area contributed by atoms with Gasteiger partial charge in [0.15, 0.2) is 23.0 Å². The van der Waals surface area contributed by atoms with Crippen molar-refractivity contribution < 1.29 is 47.5 Å². The maximum atomic E-state index is 14.9. The Morgan fingerprint density at radius 2 is 0.857 bits per heavy atom. The van der Waals surface area contributed by atoms with Crippen LogP contribution in [-0.4, -0.2) is 75.0 Å². The molecule has 4 atom stereocenters. The smallest absolute Gasteiger partial charge is 0.331 e. The van der Waals surface area contributed by atoms with Gasteiger partial charge in [-0.05, 0) is 111 Å². The molecule has 0 saturated heterocycles. The maximum absolute atomic E-state index is 14.9. The number of ether oxygens (including phenoxy) is 8. The third-order valence-electron chi connectivity index (χ3n) is 12.2. The number of hydrogen-bond acceptors (Lipinski definition) is 10. The fourth-order valence-electron chi connectivity index (χ4n) is 9.54. The molecule has 0 amide bonds. The molecule has 0 N–H and O–H groups in total. The van der Waals surface area contributed by atoms with Crippen molar-refractivity contribution in [1.29, 1.82) is 0 Å². The van der Waals surface area contributed by atoms with Gasteiger partial charge in [-0.15, -0.1) is 0 Å². The molecule has 342 valence electrons. The highest BCUT2D eigenvalue weighted by atomic mass is 16.6. The first-order valence-electron chi connectivity index (χ1n) is 22.9. The number of benzene rings is 2. The van der Waals surface area contributed by atoms with Crippen LogP contribution in [0.5, 0.6) is 0 Å². The lowest BCUT2D eigenvalue weighted by atomic mass is 9.48. The van der Waals surface area contributed by atoms with Gasteiger partial charge in [-0.3, -0.25) is 0 Å². The summed E-state index contributed by atoms with van der Waals surface area (Å²) in [5.41, 5.74) is -0.217. The zero-order chi connectivity index (χ0) is 46.0. The van der Waals surface area contributed by atoms with E-state index in [0.29, 0.717) is 74.4 Å². The highest BCUT2D eigenvalue weighted by molar-refractivity contribution is 5.89. The first kappa shape index (κ1) is 49.0. The largest absolute Gasteiger partial charge is 0.490 e. The van der Waals surface area contributed by atoms with E-state index in [1.54, 1.807) is 0 Å². The fourth-order valence-corrected chi connectivity index (χ4v) is 9.54. The lowest BCUT2D eigenvalue weighted by Gasteiger charge is -2.62. The Hall–Kier alpha value is -5.06. The first-order chi connectivity index (χ1) is 30.4. The topological polar surface area (TPSA) is 108 Å². The van der Waals surface area contributed by atoms with E-state index in [0.717, 1.165) is 45.6 Å². The van der Waals surface area contributed by atoms with E-state index < -0.39 is 40.8 Å². The maximum Gasteiger partial charge on any atom is 0.331 e. The molecule has 2 aromatic rings. The number of carbonyl (C=O) groups excluding carboxylic acids is 2. The summed E-state index contributed by atoms with van der Waals surface area (Å²) in [6.07, 6.45) is 3.91. The molecule has 0 aromatic heterocycles. The zero-order valence-corrected chi connectivity index (χ0v) is 39.4. The Labute approximate surface area is 376 Å². The molecule has 0 heterocycles. The van der Waals surface area contributed by atoms with Crippen LogP contribution >= 0.6 is 0 Å². The third-order valence-corrected chi connectivity index (χ3v) is 12.2. The summed E-state index contributed by atoms with van der Waals surface area (Å²) in [6, 6.07) is 15.9. The standard InChI is InChI=1S/C53H70O10/c1-13-29-56-45-35(9)37(11)47(58-31-15-3)52(62-43(54)19-7,49(45)60-33-17-5)51(41-27-23-21-25-39(41)40-26-22-24-28-42(40)51)53(63-44(55)20-8)48(59-32-16-4)38(12)36(10)46(57-30-14-2)50(53)61-34-18-6/h19-28,47-48H,7-8,13-18,29-34H2,1-6,9-12H3. The zero-order valence-electron chi connectivity index (χ0n) is 39.4. The van der Waals surface area contributed by atoms with E-state index in [-0.39, 0.29) is 37.9 Å². The summed E-state index contributed by atoms with van der Waals surface area (Å²) in [5, 5.41) is 0. The molecule has 63 heavy (non-hydrogen) atoms. The minimum absolute atomic E-state index is 0.209. The second kappa shape index (κ2) is 21.5. The van der Waals surface area contributed by atoms with Crippen LogP contribution in [0, 0.1) is 0 Å². The van der Waals surface area contributed by atoms with Crippen molar-refractivity contribution in [2.75, 3.05) is 39.6 Å². The Bertz CT molecular complexity index is 1970.